The molecule has 0 aliphatic rings. The van der Waals surface area contributed by atoms with Gasteiger partial charge in [0.25, 0.3) is 0 Å². The van der Waals surface area contributed by atoms with Gasteiger partial charge in [0, 0.05) is 28.8 Å². The van der Waals surface area contributed by atoms with E-state index in [-0.39, 0.29) is 11.9 Å². The van der Waals surface area contributed by atoms with E-state index in [2.05, 4.69) is 16.4 Å². The SMILES string of the molecule is CC(Nc1ccc2[nH]ccc2c1)c1cccc(F)c1. The van der Waals surface area contributed by atoms with Crippen molar-refractivity contribution in [2.45, 2.75) is 13.0 Å². The Labute approximate surface area is 111 Å². The van der Waals surface area contributed by atoms with E-state index in [0.717, 1.165) is 22.2 Å². The zero-order valence-electron chi connectivity index (χ0n) is 10.7. The number of hydrogen-bond acceptors (Lipinski definition) is 1. The summed E-state index contributed by atoms with van der Waals surface area (Å²) in [6.45, 7) is 2.02. The standard InChI is InChI=1S/C16H15FN2/c1-11(12-3-2-4-14(17)9-12)19-15-5-6-16-13(10-15)7-8-18-16/h2-11,18-19H,1H3. The summed E-state index contributed by atoms with van der Waals surface area (Å²) in [6, 6.07) is 14.9. The minimum Gasteiger partial charge on any atom is -0.379 e. The maximum atomic E-state index is 13.2. The maximum Gasteiger partial charge on any atom is 0.123 e. The van der Waals surface area contributed by atoms with Crippen LogP contribution < -0.4 is 5.32 Å². The average Bonchev–Trinajstić information content (AvgIpc) is 2.86. The molecule has 19 heavy (non-hydrogen) atoms. The van der Waals surface area contributed by atoms with Gasteiger partial charge in [-0.25, -0.2) is 4.39 Å². The van der Waals surface area contributed by atoms with Crippen LogP contribution in [-0.2, 0) is 0 Å². The summed E-state index contributed by atoms with van der Waals surface area (Å²) in [6.07, 6.45) is 1.92. The van der Waals surface area contributed by atoms with E-state index in [4.69, 9.17) is 0 Å². The summed E-state index contributed by atoms with van der Waals surface area (Å²) >= 11 is 0. The monoisotopic (exact) mass is 254 g/mol. The van der Waals surface area contributed by atoms with Gasteiger partial charge in [0.2, 0.25) is 0 Å². The first-order valence-corrected chi connectivity index (χ1v) is 6.31. The molecule has 0 radical (unpaired) electrons. The zero-order valence-corrected chi connectivity index (χ0v) is 10.7. The van der Waals surface area contributed by atoms with Crippen molar-refractivity contribution in [1.82, 2.24) is 4.98 Å². The molecule has 0 aliphatic carbocycles. The van der Waals surface area contributed by atoms with Crippen LogP contribution >= 0.6 is 0 Å². The van der Waals surface area contributed by atoms with Crippen LogP contribution in [0.25, 0.3) is 10.9 Å². The Hall–Kier alpha value is -2.29. The Balaban J connectivity index is 1.83. The molecule has 3 heteroatoms. The maximum absolute atomic E-state index is 13.2. The molecule has 1 atom stereocenters. The van der Waals surface area contributed by atoms with Crippen LogP contribution in [0.5, 0.6) is 0 Å². The summed E-state index contributed by atoms with van der Waals surface area (Å²) < 4.78 is 13.2. The van der Waals surface area contributed by atoms with Gasteiger partial charge in [-0.1, -0.05) is 12.1 Å². The predicted octanol–water partition coefficient (Wildman–Crippen LogP) is 4.48. The van der Waals surface area contributed by atoms with Gasteiger partial charge in [-0.2, -0.15) is 0 Å². The molecule has 2 aromatic carbocycles. The van der Waals surface area contributed by atoms with E-state index in [0.29, 0.717) is 0 Å². The molecule has 1 heterocycles. The molecule has 0 spiro atoms. The summed E-state index contributed by atoms with van der Waals surface area (Å²) in [5, 5.41) is 4.55. The second-order valence-corrected chi connectivity index (χ2v) is 4.70. The topological polar surface area (TPSA) is 27.8 Å². The normalized spacial score (nSPS) is 12.5. The highest BCUT2D eigenvalue weighted by Crippen LogP contribution is 2.23. The lowest BCUT2D eigenvalue weighted by Gasteiger charge is -2.16. The highest BCUT2D eigenvalue weighted by molar-refractivity contribution is 5.83. The molecule has 2 nitrogen and oxygen atoms in total. The van der Waals surface area contributed by atoms with Crippen molar-refractivity contribution in [2.75, 3.05) is 5.32 Å². The van der Waals surface area contributed by atoms with Gasteiger partial charge in [-0.05, 0) is 48.9 Å². The van der Waals surface area contributed by atoms with Crippen molar-refractivity contribution in [3.63, 3.8) is 0 Å². The number of nitrogens with one attached hydrogen (secondary N) is 2. The molecule has 1 unspecified atom stereocenters. The van der Waals surface area contributed by atoms with Gasteiger partial charge in [0.1, 0.15) is 5.82 Å². The van der Waals surface area contributed by atoms with Crippen LogP contribution in [0.1, 0.15) is 18.5 Å². The number of rotatable bonds is 3. The number of aromatic nitrogens is 1. The smallest absolute Gasteiger partial charge is 0.123 e. The van der Waals surface area contributed by atoms with Crippen LogP contribution in [0, 0.1) is 5.82 Å². The highest BCUT2D eigenvalue weighted by Gasteiger charge is 2.06. The van der Waals surface area contributed by atoms with Crippen LogP contribution in [0.15, 0.2) is 54.7 Å². The van der Waals surface area contributed by atoms with E-state index in [1.807, 2.05) is 37.4 Å². The second kappa shape index (κ2) is 4.76. The number of hydrogen-bond donors (Lipinski definition) is 2. The third kappa shape index (κ3) is 2.45. The molecule has 0 fully saturated rings. The first kappa shape index (κ1) is 11.8. The largest absolute Gasteiger partial charge is 0.379 e. The Morgan fingerprint density at radius 1 is 1.11 bits per heavy atom. The minimum atomic E-state index is -0.202. The molecule has 0 saturated heterocycles. The molecule has 0 amide bonds. The molecule has 3 rings (SSSR count). The predicted molar refractivity (Wildman–Crippen MR) is 76.7 cm³/mol. The number of aromatic amines is 1. The molecule has 0 aliphatic heterocycles. The quantitative estimate of drug-likeness (QED) is 0.708. The van der Waals surface area contributed by atoms with Crippen LogP contribution in [-0.4, -0.2) is 4.98 Å². The number of benzene rings is 2. The third-order valence-corrected chi connectivity index (χ3v) is 3.29. The van der Waals surface area contributed by atoms with Gasteiger partial charge < -0.3 is 10.3 Å². The van der Waals surface area contributed by atoms with E-state index in [1.54, 1.807) is 12.1 Å². The lowest BCUT2D eigenvalue weighted by Crippen LogP contribution is -2.06. The van der Waals surface area contributed by atoms with Gasteiger partial charge in [-0.15, -0.1) is 0 Å². The van der Waals surface area contributed by atoms with Crippen molar-refractivity contribution in [2.24, 2.45) is 0 Å². The van der Waals surface area contributed by atoms with Gasteiger partial charge >= 0.3 is 0 Å². The van der Waals surface area contributed by atoms with Gasteiger partial charge in [0.05, 0.1) is 0 Å². The summed E-state index contributed by atoms with van der Waals surface area (Å²) in [4.78, 5) is 3.16. The second-order valence-electron chi connectivity index (χ2n) is 4.70. The van der Waals surface area contributed by atoms with Crippen LogP contribution in [0.4, 0.5) is 10.1 Å². The van der Waals surface area contributed by atoms with Crippen molar-refractivity contribution in [1.29, 1.82) is 0 Å². The van der Waals surface area contributed by atoms with Gasteiger partial charge in [-0.3, -0.25) is 0 Å². The van der Waals surface area contributed by atoms with Gasteiger partial charge in [0.15, 0.2) is 0 Å². The molecule has 0 saturated carbocycles. The minimum absolute atomic E-state index is 0.0621. The molecule has 1 aromatic heterocycles. The van der Waals surface area contributed by atoms with Crippen LogP contribution in [0.3, 0.4) is 0 Å². The van der Waals surface area contributed by atoms with Crippen molar-refractivity contribution < 1.29 is 4.39 Å². The van der Waals surface area contributed by atoms with E-state index in [9.17, 15) is 4.39 Å². The molecule has 2 N–H and O–H groups in total. The van der Waals surface area contributed by atoms with Crippen molar-refractivity contribution in [3.8, 4) is 0 Å². The van der Waals surface area contributed by atoms with E-state index >= 15 is 0 Å². The molecule has 96 valence electrons. The van der Waals surface area contributed by atoms with E-state index in [1.165, 1.54) is 6.07 Å². The lowest BCUT2D eigenvalue weighted by molar-refractivity contribution is 0.623. The van der Waals surface area contributed by atoms with Crippen molar-refractivity contribution >= 4 is 16.6 Å². The first-order valence-electron chi connectivity index (χ1n) is 6.31. The Morgan fingerprint density at radius 2 is 2.00 bits per heavy atom. The fourth-order valence-electron chi connectivity index (χ4n) is 2.25. The Bertz CT molecular complexity index is 703. The third-order valence-electron chi connectivity index (χ3n) is 3.29. The Morgan fingerprint density at radius 3 is 2.84 bits per heavy atom. The molecule has 0 bridgehead atoms. The fraction of sp³-hybridized carbons (Fsp3) is 0.125. The summed E-state index contributed by atoms with van der Waals surface area (Å²) in [7, 11) is 0. The summed E-state index contributed by atoms with van der Waals surface area (Å²) in [5.41, 5.74) is 3.09. The highest BCUT2D eigenvalue weighted by atomic mass is 19.1. The molecule has 3 aromatic rings. The Kier molecular flexibility index (Phi) is 2.95. The molecular formula is C16H15FN2. The number of H-pyrrole nitrogens is 1. The van der Waals surface area contributed by atoms with E-state index < -0.39 is 0 Å². The zero-order chi connectivity index (χ0) is 13.2. The number of anilines is 1. The average molecular weight is 254 g/mol. The fourth-order valence-corrected chi connectivity index (χ4v) is 2.25. The van der Waals surface area contributed by atoms with Crippen molar-refractivity contribution in [3.05, 3.63) is 66.1 Å². The molecular weight excluding hydrogens is 239 g/mol. The first-order chi connectivity index (χ1) is 9.22. The van der Waals surface area contributed by atoms with Crippen LogP contribution in [0.2, 0.25) is 0 Å². The summed E-state index contributed by atoms with van der Waals surface area (Å²) in [5.74, 6) is -0.202. The number of fused-ring (bicyclic) bond motifs is 1. The number of halogens is 1. The lowest BCUT2D eigenvalue weighted by atomic mass is 10.1.